The summed E-state index contributed by atoms with van der Waals surface area (Å²) >= 11 is 0. The lowest BCUT2D eigenvalue weighted by atomic mass is 10.1. The van der Waals surface area contributed by atoms with Crippen molar-refractivity contribution in [3.8, 4) is 0 Å². The van der Waals surface area contributed by atoms with Crippen LogP contribution in [0.25, 0.3) is 0 Å². The van der Waals surface area contributed by atoms with Crippen LogP contribution in [0.5, 0.6) is 0 Å². The number of nitrogens with one attached hydrogen (secondary N) is 1. The van der Waals surface area contributed by atoms with Crippen LogP contribution < -0.4 is 4.72 Å². The minimum absolute atomic E-state index is 0.0411. The monoisotopic (exact) mass is 376 g/mol. The number of hydrogen-bond donors (Lipinski definition) is 2. The number of nitrogens with zero attached hydrogens (tertiary/aromatic N) is 3. The second-order valence-electron chi connectivity index (χ2n) is 5.73. The maximum Gasteiger partial charge on any atom is 0.322 e. The van der Waals surface area contributed by atoms with E-state index >= 15 is 0 Å². The SMILES string of the molecule is CN(C)N=Nc1ccc(S(=O)(=O)N[C@@H](Cc2ccccc2)C(=O)O)cc1. The molecule has 2 aromatic carbocycles. The number of hydrogen-bond acceptors (Lipinski definition) is 5. The molecule has 0 unspecified atom stereocenters. The number of benzene rings is 2. The zero-order chi connectivity index (χ0) is 19.2. The highest BCUT2D eigenvalue weighted by molar-refractivity contribution is 7.89. The predicted molar refractivity (Wildman–Crippen MR) is 96.5 cm³/mol. The molecule has 2 aromatic rings. The minimum atomic E-state index is -3.99. The van der Waals surface area contributed by atoms with E-state index in [1.807, 2.05) is 0 Å². The lowest BCUT2D eigenvalue weighted by Crippen LogP contribution is -2.42. The average Bonchev–Trinajstić information content (AvgIpc) is 2.60. The van der Waals surface area contributed by atoms with Gasteiger partial charge in [0.1, 0.15) is 6.04 Å². The summed E-state index contributed by atoms with van der Waals surface area (Å²) < 4.78 is 27.2. The van der Waals surface area contributed by atoms with Gasteiger partial charge in [-0.3, -0.25) is 9.80 Å². The van der Waals surface area contributed by atoms with Gasteiger partial charge in [0, 0.05) is 14.1 Å². The Hall–Kier alpha value is -2.78. The lowest BCUT2D eigenvalue weighted by molar-refractivity contribution is -0.138. The van der Waals surface area contributed by atoms with Crippen molar-refractivity contribution in [2.75, 3.05) is 14.1 Å². The molecule has 0 aliphatic rings. The first kappa shape index (κ1) is 19.5. The largest absolute Gasteiger partial charge is 0.480 e. The summed E-state index contributed by atoms with van der Waals surface area (Å²) in [7, 11) is -0.560. The molecule has 138 valence electrons. The third-order valence-electron chi connectivity index (χ3n) is 3.36. The van der Waals surface area contributed by atoms with E-state index < -0.39 is 22.0 Å². The molecule has 0 amide bonds. The van der Waals surface area contributed by atoms with E-state index in [-0.39, 0.29) is 11.3 Å². The molecule has 1 atom stereocenters. The lowest BCUT2D eigenvalue weighted by Gasteiger charge is -2.15. The van der Waals surface area contributed by atoms with Crippen LogP contribution in [0.4, 0.5) is 5.69 Å². The number of sulfonamides is 1. The van der Waals surface area contributed by atoms with Crippen LogP contribution in [0, 0.1) is 0 Å². The molecule has 2 rings (SSSR count). The molecule has 0 saturated heterocycles. The summed E-state index contributed by atoms with van der Waals surface area (Å²) in [5, 5.41) is 18.6. The van der Waals surface area contributed by atoms with Crippen LogP contribution in [0.1, 0.15) is 5.56 Å². The van der Waals surface area contributed by atoms with Gasteiger partial charge in [-0.1, -0.05) is 35.6 Å². The quantitative estimate of drug-likeness (QED) is 0.542. The third-order valence-corrected chi connectivity index (χ3v) is 4.85. The summed E-state index contributed by atoms with van der Waals surface area (Å²) in [4.78, 5) is 11.4. The van der Waals surface area contributed by atoms with Crippen molar-refractivity contribution in [3.63, 3.8) is 0 Å². The van der Waals surface area contributed by atoms with Gasteiger partial charge in [-0.15, -0.1) is 5.11 Å². The Morgan fingerprint density at radius 2 is 1.73 bits per heavy atom. The van der Waals surface area contributed by atoms with Crippen LogP contribution >= 0.6 is 0 Å². The molecule has 0 bridgehead atoms. The zero-order valence-corrected chi connectivity index (χ0v) is 15.2. The molecule has 0 aliphatic carbocycles. The fourth-order valence-corrected chi connectivity index (χ4v) is 3.31. The number of rotatable bonds is 8. The van der Waals surface area contributed by atoms with Gasteiger partial charge < -0.3 is 5.11 Å². The van der Waals surface area contributed by atoms with Crippen molar-refractivity contribution >= 4 is 21.7 Å². The Morgan fingerprint density at radius 1 is 1.12 bits per heavy atom. The fraction of sp³-hybridized carbons (Fsp3) is 0.235. The minimum Gasteiger partial charge on any atom is -0.480 e. The topological polar surface area (TPSA) is 111 Å². The molecular weight excluding hydrogens is 356 g/mol. The van der Waals surface area contributed by atoms with Gasteiger partial charge in [0.05, 0.1) is 10.6 Å². The number of carboxylic acids is 1. The number of carbonyl (C=O) groups is 1. The van der Waals surface area contributed by atoms with Crippen molar-refractivity contribution < 1.29 is 18.3 Å². The van der Waals surface area contributed by atoms with E-state index in [1.165, 1.54) is 29.3 Å². The molecule has 9 heteroatoms. The van der Waals surface area contributed by atoms with Crippen LogP contribution in [0.3, 0.4) is 0 Å². The van der Waals surface area contributed by atoms with Crippen molar-refractivity contribution in [1.29, 1.82) is 0 Å². The summed E-state index contributed by atoms with van der Waals surface area (Å²) in [6.07, 6.45) is 0.0462. The summed E-state index contributed by atoms with van der Waals surface area (Å²) in [5.74, 6) is -1.24. The molecule has 2 N–H and O–H groups in total. The summed E-state index contributed by atoms with van der Waals surface area (Å²) in [6.45, 7) is 0. The van der Waals surface area contributed by atoms with Crippen molar-refractivity contribution in [1.82, 2.24) is 9.73 Å². The van der Waals surface area contributed by atoms with Gasteiger partial charge in [0.25, 0.3) is 0 Å². The van der Waals surface area contributed by atoms with Gasteiger partial charge in [-0.2, -0.15) is 4.72 Å². The first-order valence-corrected chi connectivity index (χ1v) is 9.24. The Morgan fingerprint density at radius 3 is 2.27 bits per heavy atom. The Bertz CT molecular complexity index is 865. The van der Waals surface area contributed by atoms with E-state index in [9.17, 15) is 18.3 Å². The molecule has 8 nitrogen and oxygen atoms in total. The van der Waals surface area contributed by atoms with Gasteiger partial charge in [0.15, 0.2) is 0 Å². The maximum atomic E-state index is 12.5. The molecule has 0 heterocycles. The van der Waals surface area contributed by atoms with Crippen molar-refractivity contribution in [2.24, 2.45) is 10.3 Å². The third kappa shape index (κ3) is 5.64. The predicted octanol–water partition coefficient (Wildman–Crippen LogP) is 2.22. The van der Waals surface area contributed by atoms with Crippen LogP contribution in [0.15, 0.2) is 69.8 Å². The molecule has 0 aliphatic heterocycles. The smallest absolute Gasteiger partial charge is 0.322 e. The van der Waals surface area contributed by atoms with E-state index in [2.05, 4.69) is 15.1 Å². The summed E-state index contributed by atoms with van der Waals surface area (Å²) in [6, 6.07) is 13.3. The number of aliphatic carboxylic acids is 1. The van der Waals surface area contributed by atoms with Gasteiger partial charge in [0.2, 0.25) is 10.0 Å². The molecule has 0 saturated carbocycles. The Labute approximate surface area is 152 Å². The summed E-state index contributed by atoms with van der Waals surface area (Å²) in [5.41, 5.74) is 1.21. The highest BCUT2D eigenvalue weighted by atomic mass is 32.2. The maximum absolute atomic E-state index is 12.5. The number of carboxylic acid groups (broad SMARTS) is 1. The first-order chi connectivity index (χ1) is 12.3. The first-order valence-electron chi connectivity index (χ1n) is 7.76. The molecular formula is C17H20N4O4S. The van der Waals surface area contributed by atoms with E-state index in [1.54, 1.807) is 44.4 Å². The molecule has 0 fully saturated rings. The fourth-order valence-electron chi connectivity index (χ4n) is 2.12. The molecule has 0 spiro atoms. The highest BCUT2D eigenvalue weighted by Gasteiger charge is 2.25. The molecule has 0 aromatic heterocycles. The van der Waals surface area contributed by atoms with Crippen molar-refractivity contribution in [3.05, 3.63) is 60.2 Å². The standard InChI is InChI=1S/C17H20N4O4S/c1-21(2)20-18-14-8-10-15(11-9-14)26(24,25)19-16(17(22)23)12-13-6-4-3-5-7-13/h3-11,16,19H,12H2,1-2H3,(H,22,23)/t16-/m0/s1. The molecule has 26 heavy (non-hydrogen) atoms. The normalized spacial score (nSPS) is 12.8. The second-order valence-corrected chi connectivity index (χ2v) is 7.45. The highest BCUT2D eigenvalue weighted by Crippen LogP contribution is 2.17. The van der Waals surface area contributed by atoms with E-state index in [0.717, 1.165) is 5.56 Å². The van der Waals surface area contributed by atoms with E-state index in [4.69, 9.17) is 0 Å². The second kappa shape index (κ2) is 8.54. The van der Waals surface area contributed by atoms with Crippen LogP contribution in [0.2, 0.25) is 0 Å². The van der Waals surface area contributed by atoms with E-state index in [0.29, 0.717) is 5.69 Å². The average molecular weight is 376 g/mol. The van der Waals surface area contributed by atoms with Crippen LogP contribution in [-0.4, -0.2) is 44.6 Å². The van der Waals surface area contributed by atoms with Gasteiger partial charge in [-0.25, -0.2) is 8.42 Å². The molecule has 0 radical (unpaired) electrons. The van der Waals surface area contributed by atoms with Crippen LogP contribution in [-0.2, 0) is 21.2 Å². The van der Waals surface area contributed by atoms with Gasteiger partial charge >= 0.3 is 5.97 Å². The van der Waals surface area contributed by atoms with Gasteiger partial charge in [-0.05, 0) is 36.2 Å². The Balaban J connectivity index is 2.15. The van der Waals surface area contributed by atoms with Crippen molar-refractivity contribution in [2.45, 2.75) is 17.4 Å². The Kier molecular flexibility index (Phi) is 6.42. The zero-order valence-electron chi connectivity index (χ0n) is 14.4.